The Morgan fingerprint density at radius 2 is 2.00 bits per heavy atom. The average molecular weight is 277 g/mol. The summed E-state index contributed by atoms with van der Waals surface area (Å²) in [6, 6.07) is 4.75. The highest BCUT2D eigenvalue weighted by Gasteiger charge is 2.15. The molecule has 0 aliphatic rings. The van der Waals surface area contributed by atoms with Gasteiger partial charge >= 0.3 is 0 Å². The molecule has 0 fully saturated rings. The van der Waals surface area contributed by atoms with Gasteiger partial charge in [-0.2, -0.15) is 0 Å². The minimum atomic E-state index is -3.42. The largest absolute Gasteiger partial charge is 0.320 e. The lowest BCUT2D eigenvalue weighted by atomic mass is 10.2. The highest BCUT2D eigenvalue weighted by molar-refractivity contribution is 7.89. The molecule has 1 aromatic carbocycles. The Labute approximate surface area is 107 Å². The quantitative estimate of drug-likeness (QED) is 0.775. The molecular formula is C11H17ClN2O2S. The average Bonchev–Trinajstić information content (AvgIpc) is 2.24. The van der Waals surface area contributed by atoms with Crippen LogP contribution in [0.1, 0.15) is 12.0 Å². The summed E-state index contributed by atoms with van der Waals surface area (Å²) in [6.45, 7) is 2.93. The van der Waals surface area contributed by atoms with Gasteiger partial charge < -0.3 is 5.32 Å². The molecule has 4 nitrogen and oxygen atoms in total. The Morgan fingerprint density at radius 3 is 2.59 bits per heavy atom. The van der Waals surface area contributed by atoms with Crippen LogP contribution in [0.4, 0.5) is 0 Å². The van der Waals surface area contributed by atoms with E-state index in [0.29, 0.717) is 17.1 Å². The normalized spacial score (nSPS) is 11.7. The molecule has 0 aliphatic carbocycles. The number of halogens is 1. The van der Waals surface area contributed by atoms with E-state index in [1.165, 1.54) is 6.07 Å². The molecular weight excluding hydrogens is 260 g/mol. The third kappa shape index (κ3) is 4.27. The Hall–Kier alpha value is -0.620. The molecule has 0 atom stereocenters. The van der Waals surface area contributed by atoms with Crippen molar-refractivity contribution < 1.29 is 8.42 Å². The Morgan fingerprint density at radius 1 is 1.29 bits per heavy atom. The standard InChI is InChI=1S/C11H17ClN2O2S/c1-9-8-10(12)4-5-11(9)17(15,16)14-7-3-6-13-2/h4-5,8,13-14H,3,6-7H2,1-2H3. The summed E-state index contributed by atoms with van der Waals surface area (Å²) < 4.78 is 26.5. The van der Waals surface area contributed by atoms with Gasteiger partial charge in [0.25, 0.3) is 0 Å². The SMILES string of the molecule is CNCCCNS(=O)(=O)c1ccc(Cl)cc1C. The van der Waals surface area contributed by atoms with Crippen molar-refractivity contribution in [3.63, 3.8) is 0 Å². The molecule has 1 rings (SSSR count). The van der Waals surface area contributed by atoms with Crippen LogP contribution in [0.5, 0.6) is 0 Å². The van der Waals surface area contributed by atoms with Crippen LogP contribution in [-0.2, 0) is 10.0 Å². The maximum absolute atomic E-state index is 12.0. The molecule has 17 heavy (non-hydrogen) atoms. The fraction of sp³-hybridized carbons (Fsp3) is 0.455. The molecule has 0 saturated heterocycles. The monoisotopic (exact) mass is 276 g/mol. The second kappa shape index (κ2) is 6.35. The third-order valence-electron chi connectivity index (χ3n) is 2.32. The van der Waals surface area contributed by atoms with Crippen molar-refractivity contribution >= 4 is 21.6 Å². The number of hydrogen-bond acceptors (Lipinski definition) is 3. The second-order valence-corrected chi connectivity index (χ2v) is 5.94. The first-order valence-electron chi connectivity index (χ1n) is 5.38. The zero-order valence-corrected chi connectivity index (χ0v) is 11.5. The van der Waals surface area contributed by atoms with Crippen LogP contribution in [0.25, 0.3) is 0 Å². The molecule has 0 unspecified atom stereocenters. The molecule has 0 aliphatic heterocycles. The molecule has 2 N–H and O–H groups in total. The highest BCUT2D eigenvalue weighted by atomic mass is 35.5. The van der Waals surface area contributed by atoms with Gasteiger partial charge in [-0.1, -0.05) is 11.6 Å². The molecule has 96 valence electrons. The minimum absolute atomic E-state index is 0.284. The van der Waals surface area contributed by atoms with Gasteiger partial charge in [0.15, 0.2) is 0 Å². The van der Waals surface area contributed by atoms with E-state index < -0.39 is 10.0 Å². The number of nitrogens with one attached hydrogen (secondary N) is 2. The van der Waals surface area contributed by atoms with Crippen molar-refractivity contribution in [2.24, 2.45) is 0 Å². The van der Waals surface area contributed by atoms with E-state index in [4.69, 9.17) is 11.6 Å². The summed E-state index contributed by atoms with van der Waals surface area (Å²) in [4.78, 5) is 0.284. The molecule has 0 spiro atoms. The van der Waals surface area contributed by atoms with Gasteiger partial charge in [-0.15, -0.1) is 0 Å². The maximum atomic E-state index is 12.0. The van der Waals surface area contributed by atoms with Crippen molar-refractivity contribution in [1.29, 1.82) is 0 Å². The van der Waals surface area contributed by atoms with E-state index in [2.05, 4.69) is 10.0 Å². The lowest BCUT2D eigenvalue weighted by Gasteiger charge is -2.09. The number of hydrogen-bond donors (Lipinski definition) is 2. The molecule has 0 saturated carbocycles. The van der Waals surface area contributed by atoms with E-state index in [9.17, 15) is 8.42 Å². The lowest BCUT2D eigenvalue weighted by molar-refractivity contribution is 0.576. The molecule has 0 amide bonds. The molecule has 0 aromatic heterocycles. The molecule has 1 aromatic rings. The Bertz CT molecular complexity index is 474. The topological polar surface area (TPSA) is 58.2 Å². The van der Waals surface area contributed by atoms with Crippen molar-refractivity contribution in [3.05, 3.63) is 28.8 Å². The fourth-order valence-electron chi connectivity index (χ4n) is 1.46. The van der Waals surface area contributed by atoms with E-state index in [0.717, 1.165) is 13.0 Å². The van der Waals surface area contributed by atoms with E-state index >= 15 is 0 Å². The van der Waals surface area contributed by atoms with Gasteiger partial charge in [0.2, 0.25) is 10.0 Å². The summed E-state index contributed by atoms with van der Waals surface area (Å²) in [5.74, 6) is 0. The van der Waals surface area contributed by atoms with Crippen LogP contribution >= 0.6 is 11.6 Å². The first kappa shape index (κ1) is 14.4. The summed E-state index contributed by atoms with van der Waals surface area (Å²) in [5, 5.41) is 3.50. The van der Waals surface area contributed by atoms with Gasteiger partial charge in [-0.3, -0.25) is 0 Å². The molecule has 0 radical (unpaired) electrons. The summed E-state index contributed by atoms with van der Waals surface area (Å²) in [5.41, 5.74) is 0.651. The Kier molecular flexibility index (Phi) is 5.39. The lowest BCUT2D eigenvalue weighted by Crippen LogP contribution is -2.27. The zero-order valence-electron chi connectivity index (χ0n) is 9.96. The smallest absolute Gasteiger partial charge is 0.240 e. The maximum Gasteiger partial charge on any atom is 0.240 e. The summed E-state index contributed by atoms with van der Waals surface area (Å²) in [7, 11) is -1.59. The van der Waals surface area contributed by atoms with E-state index in [-0.39, 0.29) is 4.90 Å². The van der Waals surface area contributed by atoms with Gasteiger partial charge in [0, 0.05) is 11.6 Å². The van der Waals surface area contributed by atoms with Crippen LogP contribution in [0.15, 0.2) is 23.1 Å². The van der Waals surface area contributed by atoms with Crippen LogP contribution < -0.4 is 10.0 Å². The van der Waals surface area contributed by atoms with Crippen molar-refractivity contribution in [2.75, 3.05) is 20.1 Å². The molecule has 6 heteroatoms. The number of benzene rings is 1. The van der Waals surface area contributed by atoms with Crippen LogP contribution in [0, 0.1) is 6.92 Å². The van der Waals surface area contributed by atoms with Crippen LogP contribution in [-0.4, -0.2) is 28.6 Å². The first-order valence-corrected chi connectivity index (χ1v) is 7.24. The van der Waals surface area contributed by atoms with E-state index in [1.54, 1.807) is 19.1 Å². The minimum Gasteiger partial charge on any atom is -0.320 e. The predicted molar refractivity (Wildman–Crippen MR) is 69.9 cm³/mol. The van der Waals surface area contributed by atoms with Crippen molar-refractivity contribution in [2.45, 2.75) is 18.2 Å². The Balaban J connectivity index is 2.76. The fourth-order valence-corrected chi connectivity index (χ4v) is 2.99. The van der Waals surface area contributed by atoms with Gasteiger partial charge in [0.1, 0.15) is 0 Å². The molecule has 0 heterocycles. The molecule has 0 bridgehead atoms. The van der Waals surface area contributed by atoms with Crippen LogP contribution in [0.2, 0.25) is 5.02 Å². The third-order valence-corrected chi connectivity index (χ3v) is 4.18. The van der Waals surface area contributed by atoms with E-state index in [1.807, 2.05) is 7.05 Å². The van der Waals surface area contributed by atoms with Crippen molar-refractivity contribution in [1.82, 2.24) is 10.0 Å². The van der Waals surface area contributed by atoms with Crippen LogP contribution in [0.3, 0.4) is 0 Å². The number of sulfonamides is 1. The van der Waals surface area contributed by atoms with Gasteiger partial charge in [0.05, 0.1) is 4.90 Å². The number of rotatable bonds is 6. The zero-order chi connectivity index (χ0) is 12.9. The van der Waals surface area contributed by atoms with Gasteiger partial charge in [-0.25, -0.2) is 13.1 Å². The second-order valence-electron chi connectivity index (χ2n) is 3.76. The predicted octanol–water partition coefficient (Wildman–Crippen LogP) is 1.54. The summed E-state index contributed by atoms with van der Waals surface area (Å²) >= 11 is 5.79. The summed E-state index contributed by atoms with van der Waals surface area (Å²) in [6.07, 6.45) is 0.752. The van der Waals surface area contributed by atoms with Gasteiger partial charge in [-0.05, 0) is 50.7 Å². The van der Waals surface area contributed by atoms with Crippen molar-refractivity contribution in [3.8, 4) is 0 Å². The number of aryl methyl sites for hydroxylation is 1. The highest BCUT2D eigenvalue weighted by Crippen LogP contribution is 2.19. The first-order chi connectivity index (χ1) is 7.97.